The van der Waals surface area contributed by atoms with Crippen molar-refractivity contribution in [1.82, 2.24) is 4.98 Å². The molecular formula is C20H16N4O4. The normalized spacial score (nSPS) is 12.4. The van der Waals surface area contributed by atoms with E-state index in [4.69, 9.17) is 25.4 Å². The van der Waals surface area contributed by atoms with Gasteiger partial charge in [-0.15, -0.1) is 0 Å². The first-order chi connectivity index (χ1) is 13.5. The Bertz CT molecular complexity index is 1280. The molecule has 8 nitrogen and oxygen atoms in total. The molecule has 0 saturated carbocycles. The Balaban J connectivity index is 1.82. The average molecular weight is 376 g/mol. The van der Waals surface area contributed by atoms with Gasteiger partial charge in [-0.1, -0.05) is 0 Å². The lowest BCUT2D eigenvalue weighted by atomic mass is 10.1. The van der Waals surface area contributed by atoms with Gasteiger partial charge in [-0.3, -0.25) is 4.99 Å². The van der Waals surface area contributed by atoms with Crippen LogP contribution >= 0.6 is 0 Å². The number of nitrogen functional groups attached to an aromatic ring is 1. The molecule has 4 aromatic rings. The summed E-state index contributed by atoms with van der Waals surface area (Å²) in [6.07, 6.45) is 3.30. The Labute approximate surface area is 158 Å². The zero-order chi connectivity index (χ0) is 19.8. The van der Waals surface area contributed by atoms with Crippen molar-refractivity contribution < 1.29 is 18.7 Å². The van der Waals surface area contributed by atoms with Gasteiger partial charge in [0.1, 0.15) is 11.1 Å². The smallest absolute Gasteiger partial charge is 0.335 e. The highest BCUT2D eigenvalue weighted by Gasteiger charge is 2.20. The summed E-state index contributed by atoms with van der Waals surface area (Å²) >= 11 is 0. The molecule has 5 N–H and O–H groups in total. The average Bonchev–Trinajstić information content (AvgIpc) is 3.26. The molecule has 0 atom stereocenters. The van der Waals surface area contributed by atoms with E-state index in [0.717, 1.165) is 5.56 Å². The molecule has 0 unspecified atom stereocenters. The highest BCUT2D eigenvalue weighted by Crippen LogP contribution is 2.37. The number of nitrogens with zero attached hydrogens (tertiary/aromatic N) is 2. The Morgan fingerprint density at radius 1 is 1.14 bits per heavy atom. The SMILES string of the molecule is CN=C/C=C(\N)c1ccc2oc(-c3nc4ccc(C(=O)O)cc4o3)c(N)c2c1. The number of aromatic carboxylic acids is 1. The molecule has 0 radical (unpaired) electrons. The van der Waals surface area contributed by atoms with Crippen molar-refractivity contribution in [2.24, 2.45) is 10.7 Å². The maximum atomic E-state index is 11.1. The minimum atomic E-state index is -1.05. The Hall–Kier alpha value is -4.07. The summed E-state index contributed by atoms with van der Waals surface area (Å²) in [5, 5.41) is 9.78. The molecular weight excluding hydrogens is 360 g/mol. The first-order valence-electron chi connectivity index (χ1n) is 8.32. The third-order valence-corrected chi connectivity index (χ3v) is 4.29. The number of hydrogen-bond acceptors (Lipinski definition) is 7. The minimum absolute atomic E-state index is 0.107. The predicted octanol–water partition coefficient (Wildman–Crippen LogP) is 3.52. The van der Waals surface area contributed by atoms with Crippen LogP contribution in [0.4, 0.5) is 5.69 Å². The van der Waals surface area contributed by atoms with Crippen molar-refractivity contribution in [2.45, 2.75) is 0 Å². The number of allylic oxidation sites excluding steroid dienone is 1. The molecule has 0 bridgehead atoms. The lowest BCUT2D eigenvalue weighted by Crippen LogP contribution is -1.96. The fraction of sp³-hybridized carbons (Fsp3) is 0.0500. The number of nitrogens with two attached hydrogens (primary N) is 2. The quantitative estimate of drug-likeness (QED) is 0.463. The molecule has 0 spiro atoms. The van der Waals surface area contributed by atoms with E-state index in [9.17, 15) is 4.79 Å². The van der Waals surface area contributed by atoms with Gasteiger partial charge in [-0.25, -0.2) is 9.78 Å². The highest BCUT2D eigenvalue weighted by molar-refractivity contribution is 5.99. The summed E-state index contributed by atoms with van der Waals surface area (Å²) in [7, 11) is 1.66. The number of carboxylic acid groups (broad SMARTS) is 1. The van der Waals surface area contributed by atoms with E-state index in [1.54, 1.807) is 31.5 Å². The van der Waals surface area contributed by atoms with Crippen LogP contribution in [-0.2, 0) is 0 Å². The molecule has 140 valence electrons. The van der Waals surface area contributed by atoms with E-state index >= 15 is 0 Å². The molecule has 4 rings (SSSR count). The number of carbonyl (C=O) groups is 1. The van der Waals surface area contributed by atoms with Gasteiger partial charge in [0, 0.05) is 24.3 Å². The number of furan rings is 1. The largest absolute Gasteiger partial charge is 0.478 e. The van der Waals surface area contributed by atoms with Gasteiger partial charge in [0.15, 0.2) is 5.58 Å². The zero-order valence-corrected chi connectivity index (χ0v) is 14.8. The molecule has 0 aliphatic rings. The molecule has 0 aliphatic carbocycles. The summed E-state index contributed by atoms with van der Waals surface area (Å²) in [6, 6.07) is 9.84. The monoisotopic (exact) mass is 376 g/mol. The zero-order valence-electron chi connectivity index (χ0n) is 14.8. The summed E-state index contributed by atoms with van der Waals surface area (Å²) in [6.45, 7) is 0. The van der Waals surface area contributed by atoms with Crippen LogP contribution in [0.2, 0.25) is 0 Å². The van der Waals surface area contributed by atoms with Crippen molar-refractivity contribution in [1.29, 1.82) is 0 Å². The number of anilines is 1. The van der Waals surface area contributed by atoms with Crippen molar-refractivity contribution in [2.75, 3.05) is 12.8 Å². The number of rotatable bonds is 4. The molecule has 2 aromatic heterocycles. The second-order valence-electron chi connectivity index (χ2n) is 6.09. The predicted molar refractivity (Wildman–Crippen MR) is 107 cm³/mol. The third kappa shape index (κ3) is 2.86. The topological polar surface area (TPSA) is 141 Å². The minimum Gasteiger partial charge on any atom is -0.478 e. The van der Waals surface area contributed by atoms with Crippen LogP contribution in [0.3, 0.4) is 0 Å². The fourth-order valence-corrected chi connectivity index (χ4v) is 2.86. The fourth-order valence-electron chi connectivity index (χ4n) is 2.86. The van der Waals surface area contributed by atoms with Gasteiger partial charge < -0.3 is 25.4 Å². The van der Waals surface area contributed by atoms with Gasteiger partial charge in [-0.05, 0) is 48.0 Å². The second-order valence-corrected chi connectivity index (χ2v) is 6.09. The Morgan fingerprint density at radius 3 is 2.68 bits per heavy atom. The van der Waals surface area contributed by atoms with Gasteiger partial charge in [-0.2, -0.15) is 0 Å². The Morgan fingerprint density at radius 2 is 1.93 bits per heavy atom. The van der Waals surface area contributed by atoms with Gasteiger partial charge in [0.2, 0.25) is 5.76 Å². The first kappa shape index (κ1) is 17.3. The molecule has 0 amide bonds. The molecule has 2 aromatic carbocycles. The number of aromatic nitrogens is 1. The molecule has 0 fully saturated rings. The van der Waals surface area contributed by atoms with E-state index in [0.29, 0.717) is 33.5 Å². The maximum absolute atomic E-state index is 11.1. The first-order valence-corrected chi connectivity index (χ1v) is 8.32. The molecule has 28 heavy (non-hydrogen) atoms. The number of fused-ring (bicyclic) bond motifs is 2. The van der Waals surface area contributed by atoms with Crippen molar-refractivity contribution in [3.63, 3.8) is 0 Å². The second kappa shape index (κ2) is 6.58. The summed E-state index contributed by atoms with van der Waals surface area (Å²) in [4.78, 5) is 19.4. The van der Waals surface area contributed by atoms with Crippen LogP contribution in [0.5, 0.6) is 0 Å². The molecule has 0 saturated heterocycles. The summed E-state index contributed by atoms with van der Waals surface area (Å²) in [5.41, 5.74) is 15.5. The van der Waals surface area contributed by atoms with E-state index in [1.165, 1.54) is 12.1 Å². The standard InChI is InChI=1S/C20H16N4O4/c1-23-7-6-13(21)10-3-5-15-12(8-10)17(22)18(27-15)19-24-14-4-2-11(20(25)26)9-16(14)28-19/h2-9H,21-22H2,1H3,(H,25,26)/b13-6-,23-7?. The van der Waals surface area contributed by atoms with Crippen LogP contribution in [0, 0.1) is 0 Å². The molecule has 8 heteroatoms. The number of carboxylic acids is 1. The van der Waals surface area contributed by atoms with Gasteiger partial charge in [0.05, 0.1) is 11.3 Å². The third-order valence-electron chi connectivity index (χ3n) is 4.29. The Kier molecular flexibility index (Phi) is 4.08. The molecule has 2 heterocycles. The van der Waals surface area contributed by atoms with E-state index < -0.39 is 5.97 Å². The number of benzene rings is 2. The van der Waals surface area contributed by atoms with Gasteiger partial charge >= 0.3 is 5.97 Å². The van der Waals surface area contributed by atoms with Crippen LogP contribution in [0.1, 0.15) is 15.9 Å². The van der Waals surface area contributed by atoms with Crippen molar-refractivity contribution in [3.8, 4) is 11.7 Å². The van der Waals surface area contributed by atoms with Crippen LogP contribution < -0.4 is 11.5 Å². The summed E-state index contributed by atoms with van der Waals surface area (Å²) < 4.78 is 11.5. The number of oxazole rings is 1. The molecule has 0 aliphatic heterocycles. The van der Waals surface area contributed by atoms with Crippen molar-refractivity contribution >= 4 is 45.6 Å². The lowest BCUT2D eigenvalue weighted by Gasteiger charge is -2.00. The van der Waals surface area contributed by atoms with Gasteiger partial charge in [0.25, 0.3) is 5.89 Å². The maximum Gasteiger partial charge on any atom is 0.335 e. The summed E-state index contributed by atoms with van der Waals surface area (Å²) in [5.74, 6) is -0.596. The van der Waals surface area contributed by atoms with Crippen LogP contribution in [0.25, 0.3) is 39.4 Å². The van der Waals surface area contributed by atoms with E-state index in [1.807, 2.05) is 12.1 Å². The highest BCUT2D eigenvalue weighted by atomic mass is 16.4. The lowest BCUT2D eigenvalue weighted by molar-refractivity contribution is 0.0697. The van der Waals surface area contributed by atoms with Crippen LogP contribution in [0.15, 0.2) is 56.3 Å². The van der Waals surface area contributed by atoms with Crippen LogP contribution in [-0.4, -0.2) is 29.3 Å². The van der Waals surface area contributed by atoms with E-state index in [-0.39, 0.29) is 17.2 Å². The van der Waals surface area contributed by atoms with E-state index in [2.05, 4.69) is 9.98 Å². The number of hydrogen-bond donors (Lipinski definition) is 3. The van der Waals surface area contributed by atoms with Crippen molar-refractivity contribution in [3.05, 3.63) is 53.6 Å². The number of aliphatic imine (C=N–C) groups is 1.